The lowest BCUT2D eigenvalue weighted by molar-refractivity contribution is -0.131. The smallest absolute Gasteiger partial charge is 0.328 e. The van der Waals surface area contributed by atoms with E-state index < -0.39 is 5.97 Å². The summed E-state index contributed by atoms with van der Waals surface area (Å²) in [7, 11) is 1.74. The zero-order chi connectivity index (χ0) is 17.4. The summed E-state index contributed by atoms with van der Waals surface area (Å²) in [4.78, 5) is 24.8. The van der Waals surface area contributed by atoms with E-state index in [0.717, 1.165) is 18.0 Å². The average Bonchev–Trinajstić information content (AvgIpc) is 2.57. The van der Waals surface area contributed by atoms with Crippen LogP contribution in [0.25, 0.3) is 6.08 Å². The largest absolute Gasteiger partial charge is 0.478 e. The van der Waals surface area contributed by atoms with Gasteiger partial charge in [-0.15, -0.1) is 0 Å². The zero-order valence-corrected chi connectivity index (χ0v) is 14.0. The number of carbonyl (C=O) groups excluding carboxylic acids is 1. The number of nitrogens with zero attached hydrogens (tertiary/aromatic N) is 1. The van der Waals surface area contributed by atoms with Crippen molar-refractivity contribution in [1.29, 1.82) is 0 Å². The van der Waals surface area contributed by atoms with Gasteiger partial charge in [0.2, 0.25) is 0 Å². The molecule has 0 aliphatic rings. The molecule has 6 heteroatoms. The lowest BCUT2D eigenvalue weighted by Crippen LogP contribution is -2.06. The van der Waals surface area contributed by atoms with Gasteiger partial charge in [0, 0.05) is 32.3 Å². The molecule has 3 N–H and O–H groups in total. The molecule has 22 heavy (non-hydrogen) atoms. The Hall–Kier alpha value is -2.37. The molecule has 6 nitrogen and oxygen atoms in total. The van der Waals surface area contributed by atoms with Crippen LogP contribution in [0.5, 0.6) is 0 Å². The maximum atomic E-state index is 10.4. The van der Waals surface area contributed by atoms with E-state index in [0.29, 0.717) is 24.3 Å². The van der Waals surface area contributed by atoms with Crippen molar-refractivity contribution in [3.63, 3.8) is 0 Å². The maximum absolute atomic E-state index is 10.4. The minimum absolute atomic E-state index is 0.401. The summed E-state index contributed by atoms with van der Waals surface area (Å²) in [5.41, 5.74) is 1.40. The van der Waals surface area contributed by atoms with Crippen LogP contribution in [0.2, 0.25) is 0 Å². The molecule has 124 valence electrons. The summed E-state index contributed by atoms with van der Waals surface area (Å²) in [6, 6.07) is 1.77. The molecule has 1 rings (SSSR count). The van der Waals surface area contributed by atoms with E-state index in [1.165, 1.54) is 6.08 Å². The fourth-order valence-electron chi connectivity index (χ4n) is 1.34. The molecule has 1 aromatic rings. The SMILES string of the molecule is CC.CC.CNc1ncc(/C=C/C(=O)O)cc1NCCC=O. The van der Waals surface area contributed by atoms with Crippen molar-refractivity contribution in [2.75, 3.05) is 24.2 Å². The van der Waals surface area contributed by atoms with Crippen LogP contribution < -0.4 is 10.6 Å². The Morgan fingerprint density at radius 2 is 1.95 bits per heavy atom. The molecule has 1 aromatic heterocycles. The first-order valence-corrected chi connectivity index (χ1v) is 7.43. The van der Waals surface area contributed by atoms with E-state index >= 15 is 0 Å². The second kappa shape index (κ2) is 15.0. The number of aromatic nitrogens is 1. The molecule has 0 aromatic carbocycles. The summed E-state index contributed by atoms with van der Waals surface area (Å²) in [5, 5.41) is 14.5. The number of pyridine rings is 1. The average molecular weight is 309 g/mol. The monoisotopic (exact) mass is 309 g/mol. The van der Waals surface area contributed by atoms with E-state index in [9.17, 15) is 9.59 Å². The second-order valence-electron chi connectivity index (χ2n) is 3.47. The minimum Gasteiger partial charge on any atom is -0.478 e. The number of hydrogen-bond donors (Lipinski definition) is 3. The lowest BCUT2D eigenvalue weighted by atomic mass is 10.2. The molecule has 0 fully saturated rings. The molecule has 0 unspecified atom stereocenters. The topological polar surface area (TPSA) is 91.3 Å². The molecule has 0 radical (unpaired) electrons. The van der Waals surface area contributed by atoms with Crippen molar-refractivity contribution in [2.24, 2.45) is 0 Å². The van der Waals surface area contributed by atoms with Crippen molar-refractivity contribution in [3.05, 3.63) is 23.9 Å². The second-order valence-corrected chi connectivity index (χ2v) is 3.47. The number of aliphatic carboxylic acids is 1. The normalized spacial score (nSPS) is 8.95. The van der Waals surface area contributed by atoms with Gasteiger partial charge in [0.1, 0.15) is 12.1 Å². The van der Waals surface area contributed by atoms with Crippen LogP contribution in [0.1, 0.15) is 39.7 Å². The number of carboxylic acid groups (broad SMARTS) is 1. The van der Waals surface area contributed by atoms with E-state index in [1.807, 2.05) is 27.7 Å². The number of aldehydes is 1. The first-order chi connectivity index (χ1) is 10.7. The number of nitrogens with one attached hydrogen (secondary N) is 2. The summed E-state index contributed by atoms with van der Waals surface area (Å²) in [6.07, 6.45) is 5.30. The zero-order valence-electron chi connectivity index (χ0n) is 14.0. The summed E-state index contributed by atoms with van der Waals surface area (Å²) in [6.45, 7) is 8.51. The Labute approximate surface area is 132 Å². The van der Waals surface area contributed by atoms with Crippen molar-refractivity contribution in [3.8, 4) is 0 Å². The lowest BCUT2D eigenvalue weighted by Gasteiger charge is -2.10. The van der Waals surface area contributed by atoms with Gasteiger partial charge >= 0.3 is 5.97 Å². The fraction of sp³-hybridized carbons (Fsp3) is 0.438. The Kier molecular flexibility index (Phi) is 15.0. The molecule has 0 aliphatic carbocycles. The fourth-order valence-corrected chi connectivity index (χ4v) is 1.34. The van der Waals surface area contributed by atoms with E-state index in [1.54, 1.807) is 19.3 Å². The number of rotatable bonds is 7. The highest BCUT2D eigenvalue weighted by Crippen LogP contribution is 2.20. The summed E-state index contributed by atoms with van der Waals surface area (Å²) in [5.74, 6) is -0.364. The third-order valence-electron chi connectivity index (χ3n) is 2.14. The first-order valence-electron chi connectivity index (χ1n) is 7.43. The highest BCUT2D eigenvalue weighted by Gasteiger charge is 2.02. The standard InChI is InChI=1S/C12H15N3O3.2C2H6/c1-13-12-10(14-5-2-6-16)7-9(8-15-12)3-4-11(17)18;2*1-2/h3-4,6-8,14H,2,5H2,1H3,(H,13,15)(H,17,18);2*1-2H3/b4-3+;;. The third kappa shape index (κ3) is 9.52. The number of hydrogen-bond acceptors (Lipinski definition) is 5. The van der Waals surface area contributed by atoms with Crippen molar-refractivity contribution in [1.82, 2.24) is 4.98 Å². The van der Waals surface area contributed by atoms with Crippen LogP contribution in [0.15, 0.2) is 18.3 Å². The molecule has 0 saturated carbocycles. The molecule has 0 bridgehead atoms. The summed E-state index contributed by atoms with van der Waals surface area (Å²) < 4.78 is 0. The van der Waals surface area contributed by atoms with Crippen molar-refractivity contribution < 1.29 is 14.7 Å². The highest BCUT2D eigenvalue weighted by atomic mass is 16.4. The Balaban J connectivity index is 0. The Bertz CT molecular complexity index is 460. The van der Waals surface area contributed by atoms with Gasteiger partial charge < -0.3 is 20.5 Å². The van der Waals surface area contributed by atoms with Crippen LogP contribution in [0.3, 0.4) is 0 Å². The van der Waals surface area contributed by atoms with Gasteiger partial charge in [-0.05, 0) is 17.7 Å². The van der Waals surface area contributed by atoms with Gasteiger partial charge in [-0.1, -0.05) is 27.7 Å². The third-order valence-corrected chi connectivity index (χ3v) is 2.14. The molecular weight excluding hydrogens is 282 g/mol. The van der Waals surface area contributed by atoms with Gasteiger partial charge in [-0.25, -0.2) is 9.78 Å². The Morgan fingerprint density at radius 3 is 2.45 bits per heavy atom. The van der Waals surface area contributed by atoms with E-state index in [-0.39, 0.29) is 0 Å². The molecule has 0 amide bonds. The van der Waals surface area contributed by atoms with Gasteiger partial charge in [-0.2, -0.15) is 0 Å². The molecule has 0 spiro atoms. The molecule has 1 heterocycles. The number of anilines is 2. The van der Waals surface area contributed by atoms with Crippen LogP contribution >= 0.6 is 0 Å². The number of carbonyl (C=O) groups is 2. The molecule has 0 saturated heterocycles. The molecular formula is C16H27N3O3. The predicted octanol–water partition coefficient (Wildman–Crippen LogP) is 3.27. The first kappa shape index (κ1) is 21.9. The van der Waals surface area contributed by atoms with E-state index in [2.05, 4.69) is 15.6 Å². The van der Waals surface area contributed by atoms with Crippen molar-refractivity contribution >= 4 is 29.8 Å². The number of carboxylic acids is 1. The highest BCUT2D eigenvalue weighted by molar-refractivity contribution is 5.85. The Morgan fingerprint density at radius 1 is 1.32 bits per heavy atom. The minimum atomic E-state index is -1.01. The van der Waals surface area contributed by atoms with Gasteiger partial charge in [0.25, 0.3) is 0 Å². The summed E-state index contributed by atoms with van der Waals surface area (Å²) >= 11 is 0. The molecule has 0 aliphatic heterocycles. The van der Waals surface area contributed by atoms with Gasteiger partial charge in [0.05, 0.1) is 5.69 Å². The molecule has 0 atom stereocenters. The van der Waals surface area contributed by atoms with E-state index in [4.69, 9.17) is 5.11 Å². The van der Waals surface area contributed by atoms with Crippen LogP contribution in [0.4, 0.5) is 11.5 Å². The van der Waals surface area contributed by atoms with Crippen molar-refractivity contribution in [2.45, 2.75) is 34.1 Å². The quantitative estimate of drug-likeness (QED) is 0.407. The van der Waals surface area contributed by atoms with Crippen LogP contribution in [0, 0.1) is 0 Å². The van der Waals surface area contributed by atoms with Gasteiger partial charge in [0.15, 0.2) is 0 Å². The van der Waals surface area contributed by atoms with Crippen LogP contribution in [-0.4, -0.2) is 35.9 Å². The predicted molar refractivity (Wildman–Crippen MR) is 92.3 cm³/mol. The van der Waals surface area contributed by atoms with Gasteiger partial charge in [-0.3, -0.25) is 0 Å². The maximum Gasteiger partial charge on any atom is 0.328 e. The van der Waals surface area contributed by atoms with Crippen LogP contribution in [-0.2, 0) is 9.59 Å².